The second kappa shape index (κ2) is 4.95. The smallest absolute Gasteiger partial charge is 0.255 e. The number of rotatable bonds is 2. The molecule has 0 fully saturated rings. The fraction of sp³-hybridized carbons (Fsp3) is 0.778. The normalized spacial score (nSPS) is 13.2. The van der Waals surface area contributed by atoms with Crippen LogP contribution < -0.4 is 16.2 Å². The molecule has 0 spiro atoms. The van der Waals surface area contributed by atoms with E-state index in [0.717, 1.165) is 0 Å². The van der Waals surface area contributed by atoms with Crippen LogP contribution in [0.5, 0.6) is 0 Å². The first-order valence-corrected chi connectivity index (χ1v) is 4.56. The van der Waals surface area contributed by atoms with Crippen LogP contribution in [-0.2, 0) is 9.59 Å². The molecule has 0 heterocycles. The topological polar surface area (TPSA) is 70.2 Å². The third-order valence-corrected chi connectivity index (χ3v) is 1.40. The molecule has 3 N–H and O–H groups in total. The van der Waals surface area contributed by atoms with Gasteiger partial charge in [0.15, 0.2) is 0 Å². The maximum Gasteiger partial charge on any atom is 0.255 e. The van der Waals surface area contributed by atoms with Gasteiger partial charge in [0.2, 0.25) is 5.91 Å². The summed E-state index contributed by atoms with van der Waals surface area (Å²) in [5, 5.41) is 3.08. The average Bonchev–Trinajstić information content (AvgIpc) is 1.96. The minimum atomic E-state index is -0.346. The van der Waals surface area contributed by atoms with E-state index in [1.54, 1.807) is 6.92 Å². The average molecular weight is 201 g/mol. The molecule has 0 aromatic carbocycles. The van der Waals surface area contributed by atoms with Crippen LogP contribution in [0.1, 0.15) is 34.6 Å². The number of nitrogens with one attached hydrogen (secondary N) is 3. The van der Waals surface area contributed by atoms with Gasteiger partial charge in [-0.2, -0.15) is 0 Å². The third-order valence-electron chi connectivity index (χ3n) is 1.40. The van der Waals surface area contributed by atoms with Crippen LogP contribution in [0.3, 0.4) is 0 Å². The molecule has 0 aromatic rings. The van der Waals surface area contributed by atoms with E-state index in [0.29, 0.717) is 0 Å². The molecule has 5 nitrogen and oxygen atoms in total. The van der Waals surface area contributed by atoms with Crippen molar-refractivity contribution in [3.05, 3.63) is 0 Å². The highest BCUT2D eigenvalue weighted by atomic mass is 16.2. The summed E-state index contributed by atoms with van der Waals surface area (Å²) in [6, 6.07) is -0.346. The highest BCUT2D eigenvalue weighted by molar-refractivity contribution is 5.84. The van der Waals surface area contributed by atoms with Gasteiger partial charge in [0, 0.05) is 12.5 Å². The quantitative estimate of drug-likeness (QED) is 0.548. The van der Waals surface area contributed by atoms with Crippen molar-refractivity contribution >= 4 is 11.8 Å². The van der Waals surface area contributed by atoms with Gasteiger partial charge in [-0.3, -0.25) is 20.4 Å². The van der Waals surface area contributed by atoms with Crippen LogP contribution in [0, 0.1) is 0 Å². The summed E-state index contributed by atoms with van der Waals surface area (Å²) >= 11 is 0. The Kier molecular flexibility index (Phi) is 4.56. The Bertz CT molecular complexity index is 221. The van der Waals surface area contributed by atoms with Crippen molar-refractivity contribution < 1.29 is 9.59 Å². The van der Waals surface area contributed by atoms with E-state index >= 15 is 0 Å². The number of carbonyl (C=O) groups excluding carboxylic acids is 2. The molecule has 0 aliphatic rings. The molecule has 0 aliphatic carbocycles. The molecule has 0 rings (SSSR count). The number of carbonyl (C=O) groups is 2. The minimum absolute atomic E-state index is 0.132. The molecular weight excluding hydrogens is 182 g/mol. The van der Waals surface area contributed by atoms with Crippen LogP contribution in [0.15, 0.2) is 0 Å². The van der Waals surface area contributed by atoms with Gasteiger partial charge in [0.05, 0.1) is 6.04 Å². The minimum Gasteiger partial charge on any atom is -0.301 e. The van der Waals surface area contributed by atoms with Crippen LogP contribution in [0.2, 0.25) is 0 Å². The van der Waals surface area contributed by atoms with Gasteiger partial charge in [0.25, 0.3) is 5.91 Å². The first-order valence-electron chi connectivity index (χ1n) is 4.56. The maximum absolute atomic E-state index is 11.3. The van der Waals surface area contributed by atoms with Crippen molar-refractivity contribution in [3.8, 4) is 0 Å². The number of hydrogen-bond donors (Lipinski definition) is 3. The molecule has 0 bridgehead atoms. The Morgan fingerprint density at radius 3 is 2.00 bits per heavy atom. The second-order valence-corrected chi connectivity index (χ2v) is 4.29. The second-order valence-electron chi connectivity index (χ2n) is 4.29. The summed E-state index contributed by atoms with van der Waals surface area (Å²) in [6.45, 7) is 8.98. The Balaban J connectivity index is 3.94. The van der Waals surface area contributed by atoms with E-state index in [1.165, 1.54) is 6.92 Å². The first-order chi connectivity index (χ1) is 6.22. The van der Waals surface area contributed by atoms with Crippen molar-refractivity contribution in [2.75, 3.05) is 0 Å². The standard InChI is InChI=1S/C9H19N3O2/c1-6(10-9(3,4)5)8(14)12-11-7(2)13/h6,10H,1-5H3,(H,11,13)(H,12,14). The molecule has 2 amide bonds. The number of amides is 2. The van der Waals surface area contributed by atoms with E-state index in [1.807, 2.05) is 20.8 Å². The highest BCUT2D eigenvalue weighted by Crippen LogP contribution is 2.00. The summed E-state index contributed by atoms with van der Waals surface area (Å²) in [5.41, 5.74) is 4.40. The Morgan fingerprint density at radius 2 is 1.64 bits per heavy atom. The van der Waals surface area contributed by atoms with Gasteiger partial charge in [-0.1, -0.05) is 0 Å². The zero-order valence-electron chi connectivity index (χ0n) is 9.39. The van der Waals surface area contributed by atoms with E-state index < -0.39 is 0 Å². The van der Waals surface area contributed by atoms with Crippen LogP contribution in [0.4, 0.5) is 0 Å². The van der Waals surface area contributed by atoms with Crippen molar-refractivity contribution in [2.45, 2.75) is 46.2 Å². The third kappa shape index (κ3) is 6.42. The van der Waals surface area contributed by atoms with E-state index in [2.05, 4.69) is 16.2 Å². The predicted octanol–water partition coefficient (Wildman–Crippen LogP) is -0.0697. The van der Waals surface area contributed by atoms with E-state index in [9.17, 15) is 9.59 Å². The lowest BCUT2D eigenvalue weighted by Gasteiger charge is -2.25. The van der Waals surface area contributed by atoms with Gasteiger partial charge in [0.1, 0.15) is 0 Å². The molecule has 0 saturated carbocycles. The van der Waals surface area contributed by atoms with Crippen molar-refractivity contribution in [1.82, 2.24) is 16.2 Å². The van der Waals surface area contributed by atoms with Gasteiger partial charge < -0.3 is 5.32 Å². The van der Waals surface area contributed by atoms with Gasteiger partial charge in [-0.25, -0.2) is 0 Å². The zero-order chi connectivity index (χ0) is 11.4. The van der Waals surface area contributed by atoms with Crippen LogP contribution in [-0.4, -0.2) is 23.4 Å². The molecule has 1 atom stereocenters. The Hall–Kier alpha value is -1.10. The van der Waals surface area contributed by atoms with E-state index in [4.69, 9.17) is 0 Å². The Labute approximate surface area is 84.6 Å². The molecular formula is C9H19N3O2. The summed E-state index contributed by atoms with van der Waals surface area (Å²) in [7, 11) is 0. The molecule has 5 heteroatoms. The molecule has 1 unspecified atom stereocenters. The monoisotopic (exact) mass is 201 g/mol. The lowest BCUT2D eigenvalue weighted by Crippen LogP contribution is -2.53. The number of hydrazine groups is 1. The maximum atomic E-state index is 11.3. The van der Waals surface area contributed by atoms with Gasteiger partial charge in [-0.15, -0.1) is 0 Å². The van der Waals surface area contributed by atoms with Crippen LogP contribution in [0.25, 0.3) is 0 Å². The lowest BCUT2D eigenvalue weighted by atomic mass is 10.1. The molecule has 0 aromatic heterocycles. The lowest BCUT2D eigenvalue weighted by molar-refractivity contribution is -0.129. The van der Waals surface area contributed by atoms with Crippen molar-refractivity contribution in [1.29, 1.82) is 0 Å². The zero-order valence-corrected chi connectivity index (χ0v) is 9.39. The van der Waals surface area contributed by atoms with Crippen molar-refractivity contribution in [3.63, 3.8) is 0 Å². The van der Waals surface area contributed by atoms with E-state index in [-0.39, 0.29) is 23.4 Å². The predicted molar refractivity (Wildman–Crippen MR) is 54.3 cm³/mol. The molecule has 0 radical (unpaired) electrons. The Morgan fingerprint density at radius 1 is 1.14 bits per heavy atom. The highest BCUT2D eigenvalue weighted by Gasteiger charge is 2.19. The molecule has 0 saturated heterocycles. The fourth-order valence-corrected chi connectivity index (χ4v) is 0.973. The number of hydrogen-bond acceptors (Lipinski definition) is 3. The largest absolute Gasteiger partial charge is 0.301 e. The molecule has 0 aliphatic heterocycles. The van der Waals surface area contributed by atoms with Gasteiger partial charge >= 0.3 is 0 Å². The summed E-state index contributed by atoms with van der Waals surface area (Å²) in [5.74, 6) is -0.545. The fourth-order valence-electron chi connectivity index (χ4n) is 0.973. The first kappa shape index (κ1) is 12.9. The molecule has 14 heavy (non-hydrogen) atoms. The summed E-state index contributed by atoms with van der Waals surface area (Å²) < 4.78 is 0. The van der Waals surface area contributed by atoms with Gasteiger partial charge in [-0.05, 0) is 27.7 Å². The summed E-state index contributed by atoms with van der Waals surface area (Å²) in [6.07, 6.45) is 0. The summed E-state index contributed by atoms with van der Waals surface area (Å²) in [4.78, 5) is 21.8. The SMILES string of the molecule is CC(=O)NNC(=O)C(C)NC(C)(C)C. The van der Waals surface area contributed by atoms with Crippen LogP contribution >= 0.6 is 0 Å². The van der Waals surface area contributed by atoms with Crippen molar-refractivity contribution in [2.24, 2.45) is 0 Å². The molecule has 82 valence electrons.